The summed E-state index contributed by atoms with van der Waals surface area (Å²) < 4.78 is 4.98. The number of hydrogen-bond donors (Lipinski definition) is 1. The van der Waals surface area contributed by atoms with E-state index in [9.17, 15) is 4.79 Å². The van der Waals surface area contributed by atoms with Crippen molar-refractivity contribution < 1.29 is 9.53 Å². The van der Waals surface area contributed by atoms with Crippen LogP contribution in [0, 0.1) is 5.92 Å². The van der Waals surface area contributed by atoms with Gasteiger partial charge in [0.05, 0.1) is 18.6 Å². The Balaban J connectivity index is 2.37. The normalized spacial score (nSPS) is 28.3. The summed E-state index contributed by atoms with van der Waals surface area (Å²) in [5, 5.41) is 0. The summed E-state index contributed by atoms with van der Waals surface area (Å²) >= 11 is 0. The van der Waals surface area contributed by atoms with Gasteiger partial charge in [-0.1, -0.05) is 0 Å². The number of likely N-dealkylation sites (N-methyl/N-ethyl adjacent to an activating group) is 1. The summed E-state index contributed by atoms with van der Waals surface area (Å²) in [6, 6.07) is 0.218. The molecule has 1 fully saturated rings. The van der Waals surface area contributed by atoms with Crippen LogP contribution in [-0.2, 0) is 9.53 Å². The molecule has 13 heavy (non-hydrogen) atoms. The summed E-state index contributed by atoms with van der Waals surface area (Å²) in [6.07, 6.45) is 0.836. The lowest BCUT2D eigenvalue weighted by Gasteiger charge is -2.24. The molecule has 2 N–H and O–H groups in total. The third-order valence-corrected chi connectivity index (χ3v) is 2.57. The third-order valence-electron chi connectivity index (χ3n) is 2.57. The molecule has 3 atom stereocenters. The average molecular weight is 186 g/mol. The van der Waals surface area contributed by atoms with E-state index in [0.29, 0.717) is 6.61 Å². The van der Waals surface area contributed by atoms with Crippen LogP contribution >= 0.6 is 0 Å². The van der Waals surface area contributed by atoms with Crippen molar-refractivity contribution in [2.24, 2.45) is 11.7 Å². The topological polar surface area (TPSA) is 55.6 Å². The number of carbonyl (C=O) groups excluding carboxylic acids is 1. The van der Waals surface area contributed by atoms with Crippen molar-refractivity contribution in [2.45, 2.75) is 25.4 Å². The number of nitrogens with zero attached hydrogens (tertiary/aromatic N) is 1. The van der Waals surface area contributed by atoms with E-state index in [2.05, 4.69) is 0 Å². The zero-order valence-electron chi connectivity index (χ0n) is 8.49. The molecular formula is C9H18N2O2. The lowest BCUT2D eigenvalue weighted by atomic mass is 10.2. The first kappa shape index (κ1) is 10.5. The summed E-state index contributed by atoms with van der Waals surface area (Å²) in [4.78, 5) is 13.3. The van der Waals surface area contributed by atoms with E-state index in [1.807, 2.05) is 6.92 Å². The quantitative estimate of drug-likeness (QED) is 0.663. The second kappa shape index (κ2) is 4.07. The Hall–Kier alpha value is -0.610. The fraction of sp³-hybridized carbons (Fsp3) is 0.889. The van der Waals surface area contributed by atoms with Crippen LogP contribution in [0.15, 0.2) is 0 Å². The van der Waals surface area contributed by atoms with Crippen LogP contribution in [-0.4, -0.2) is 43.7 Å². The average Bonchev–Trinajstić information content (AvgIpc) is 2.80. The fourth-order valence-electron chi connectivity index (χ4n) is 1.33. The molecule has 76 valence electrons. The van der Waals surface area contributed by atoms with Gasteiger partial charge < -0.3 is 15.4 Å². The SMILES string of the molecule is COCC(C)N(C)C(=O)C1CC1N. The van der Waals surface area contributed by atoms with E-state index in [4.69, 9.17) is 10.5 Å². The Morgan fingerprint density at radius 1 is 1.77 bits per heavy atom. The molecule has 1 amide bonds. The highest BCUT2D eigenvalue weighted by molar-refractivity contribution is 5.82. The second-order valence-electron chi connectivity index (χ2n) is 3.76. The van der Waals surface area contributed by atoms with E-state index in [1.54, 1.807) is 19.1 Å². The molecule has 1 rings (SSSR count). The molecule has 0 aromatic carbocycles. The molecule has 0 radical (unpaired) electrons. The van der Waals surface area contributed by atoms with E-state index in [1.165, 1.54) is 0 Å². The van der Waals surface area contributed by atoms with Crippen molar-refractivity contribution in [2.75, 3.05) is 20.8 Å². The van der Waals surface area contributed by atoms with Crippen molar-refractivity contribution in [3.05, 3.63) is 0 Å². The smallest absolute Gasteiger partial charge is 0.227 e. The molecule has 0 heterocycles. The molecule has 0 spiro atoms. The van der Waals surface area contributed by atoms with Gasteiger partial charge in [-0.2, -0.15) is 0 Å². The number of rotatable bonds is 4. The molecule has 0 aromatic heterocycles. The Morgan fingerprint density at radius 2 is 2.31 bits per heavy atom. The molecule has 4 heteroatoms. The molecule has 4 nitrogen and oxygen atoms in total. The van der Waals surface area contributed by atoms with Gasteiger partial charge >= 0.3 is 0 Å². The molecule has 1 aliphatic carbocycles. The highest BCUT2D eigenvalue weighted by Gasteiger charge is 2.42. The number of carbonyl (C=O) groups is 1. The zero-order valence-corrected chi connectivity index (χ0v) is 8.49. The Kier molecular flexibility index (Phi) is 3.27. The monoisotopic (exact) mass is 186 g/mol. The summed E-state index contributed by atoms with van der Waals surface area (Å²) in [6.45, 7) is 2.54. The predicted molar refractivity (Wildman–Crippen MR) is 50.2 cm³/mol. The molecule has 0 saturated heterocycles. The van der Waals surface area contributed by atoms with Crippen LogP contribution in [0.25, 0.3) is 0 Å². The Morgan fingerprint density at radius 3 is 2.69 bits per heavy atom. The van der Waals surface area contributed by atoms with Gasteiger partial charge in [-0.15, -0.1) is 0 Å². The van der Waals surface area contributed by atoms with Crippen LogP contribution in [0.4, 0.5) is 0 Å². The molecule has 1 aliphatic rings. The van der Waals surface area contributed by atoms with Crippen LogP contribution in [0.2, 0.25) is 0 Å². The number of hydrogen-bond acceptors (Lipinski definition) is 3. The van der Waals surface area contributed by atoms with E-state index < -0.39 is 0 Å². The van der Waals surface area contributed by atoms with E-state index >= 15 is 0 Å². The standard InChI is InChI=1S/C9H18N2O2/c1-6(5-13-3)11(2)9(12)7-4-8(7)10/h6-8H,4-5,10H2,1-3H3. The van der Waals surface area contributed by atoms with Crippen molar-refractivity contribution in [1.82, 2.24) is 4.90 Å². The maximum atomic E-state index is 11.6. The minimum atomic E-state index is 0.0595. The number of nitrogens with two attached hydrogens (primary N) is 1. The maximum absolute atomic E-state index is 11.6. The zero-order chi connectivity index (χ0) is 10.0. The Labute approximate surface area is 79.0 Å². The number of ether oxygens (including phenoxy) is 1. The van der Waals surface area contributed by atoms with Gasteiger partial charge in [0.1, 0.15) is 0 Å². The first-order valence-electron chi connectivity index (χ1n) is 4.59. The van der Waals surface area contributed by atoms with Gasteiger partial charge in [-0.3, -0.25) is 4.79 Å². The van der Waals surface area contributed by atoms with Crippen LogP contribution in [0.3, 0.4) is 0 Å². The second-order valence-corrected chi connectivity index (χ2v) is 3.76. The van der Waals surface area contributed by atoms with Gasteiger partial charge in [0.2, 0.25) is 5.91 Å². The van der Waals surface area contributed by atoms with Gasteiger partial charge in [0.15, 0.2) is 0 Å². The third kappa shape index (κ3) is 2.42. The van der Waals surface area contributed by atoms with Crippen molar-refractivity contribution >= 4 is 5.91 Å². The summed E-state index contributed by atoms with van der Waals surface area (Å²) in [7, 11) is 3.44. The van der Waals surface area contributed by atoms with Crippen LogP contribution < -0.4 is 5.73 Å². The van der Waals surface area contributed by atoms with Gasteiger partial charge in [0.25, 0.3) is 0 Å². The summed E-state index contributed by atoms with van der Waals surface area (Å²) in [5.74, 6) is 0.210. The van der Waals surface area contributed by atoms with Crippen molar-refractivity contribution in [3.63, 3.8) is 0 Å². The molecular weight excluding hydrogens is 168 g/mol. The predicted octanol–water partition coefficient (Wildman–Crippen LogP) is -0.173. The van der Waals surface area contributed by atoms with Gasteiger partial charge in [0, 0.05) is 20.2 Å². The fourth-order valence-corrected chi connectivity index (χ4v) is 1.33. The highest BCUT2D eigenvalue weighted by Crippen LogP contribution is 2.29. The van der Waals surface area contributed by atoms with Gasteiger partial charge in [-0.25, -0.2) is 0 Å². The lowest BCUT2D eigenvalue weighted by Crippen LogP contribution is -2.39. The minimum Gasteiger partial charge on any atom is -0.383 e. The Bertz CT molecular complexity index is 196. The van der Waals surface area contributed by atoms with E-state index in [0.717, 1.165) is 6.42 Å². The molecule has 0 aliphatic heterocycles. The van der Waals surface area contributed by atoms with Crippen LogP contribution in [0.5, 0.6) is 0 Å². The van der Waals surface area contributed by atoms with Crippen molar-refractivity contribution in [1.29, 1.82) is 0 Å². The minimum absolute atomic E-state index is 0.0595. The van der Waals surface area contributed by atoms with E-state index in [-0.39, 0.29) is 23.9 Å². The van der Waals surface area contributed by atoms with Crippen molar-refractivity contribution in [3.8, 4) is 0 Å². The van der Waals surface area contributed by atoms with Gasteiger partial charge in [-0.05, 0) is 13.3 Å². The molecule has 3 unspecified atom stereocenters. The largest absolute Gasteiger partial charge is 0.383 e. The highest BCUT2D eigenvalue weighted by atomic mass is 16.5. The lowest BCUT2D eigenvalue weighted by molar-refractivity contribution is -0.134. The number of methoxy groups -OCH3 is 1. The first-order chi connectivity index (χ1) is 6.07. The molecule has 0 aromatic rings. The van der Waals surface area contributed by atoms with Crippen LogP contribution in [0.1, 0.15) is 13.3 Å². The first-order valence-corrected chi connectivity index (χ1v) is 4.59. The summed E-state index contributed by atoms with van der Waals surface area (Å²) in [5.41, 5.74) is 5.60. The number of amides is 1. The maximum Gasteiger partial charge on any atom is 0.227 e. The molecule has 0 bridgehead atoms. The molecule has 1 saturated carbocycles.